The lowest BCUT2D eigenvalue weighted by molar-refractivity contribution is -0.149. The first-order valence-electron chi connectivity index (χ1n) is 22.0. The highest BCUT2D eigenvalue weighted by Crippen LogP contribution is 2.31. The van der Waals surface area contributed by atoms with Crippen LogP contribution < -0.4 is 21.3 Å². The van der Waals surface area contributed by atoms with Crippen molar-refractivity contribution in [3.05, 3.63) is 93.6 Å². The van der Waals surface area contributed by atoms with Gasteiger partial charge in [0.15, 0.2) is 34.9 Å². The standard InChI is InChI=1S/C42H42F12N12O6S2/c43-25-15-29(47)27(45)11-21(25)9-23(13-37(71)63-3-5-65-31(19-63)59-61-39(65)41(49,50)51)57-35(69)17-55-33(67)1-7-73-74-8-2-34(68)56-18-36(70)58-24(10-22-12-28(46)30(48)16-26(22)44)14-38(72)64-4-6-66-32(20-64)60-62-40(66)42(52,53)54/h11-12,15-16,23-24H,1-10,13-14,17-20H2,(H,55,67)(H,56,68)(H,57,69)(H,58,70)/t23-,24-/m1/s1. The third kappa shape index (κ3) is 15.5. The van der Waals surface area contributed by atoms with E-state index < -0.39 is 156 Å². The van der Waals surface area contributed by atoms with Crippen molar-refractivity contribution >= 4 is 57.0 Å². The Balaban J connectivity index is 0.909. The molecular weight excluding hydrogens is 1060 g/mol. The van der Waals surface area contributed by atoms with Crippen molar-refractivity contribution in [2.75, 3.05) is 37.7 Å². The highest BCUT2D eigenvalue weighted by atomic mass is 33.1. The van der Waals surface area contributed by atoms with E-state index in [9.17, 15) is 81.5 Å². The molecule has 0 fully saturated rings. The minimum Gasteiger partial charge on any atom is -0.351 e. The third-order valence-electron chi connectivity index (χ3n) is 11.2. The van der Waals surface area contributed by atoms with Crippen molar-refractivity contribution in [3.63, 3.8) is 0 Å². The van der Waals surface area contributed by atoms with Crippen LogP contribution in [-0.4, -0.2) is 125 Å². The molecule has 0 unspecified atom stereocenters. The van der Waals surface area contributed by atoms with Crippen LogP contribution in [0.4, 0.5) is 52.7 Å². The Bertz CT molecular complexity index is 2560. The number of rotatable bonds is 21. The largest absolute Gasteiger partial charge is 0.451 e. The van der Waals surface area contributed by atoms with Crippen molar-refractivity contribution in [1.82, 2.24) is 60.6 Å². The number of benzene rings is 2. The van der Waals surface area contributed by atoms with Crippen LogP contribution in [-0.2, 0) is 80.1 Å². The molecule has 2 aromatic heterocycles. The zero-order valence-corrected chi connectivity index (χ0v) is 39.8. The third-order valence-corrected chi connectivity index (χ3v) is 13.6. The Labute approximate surface area is 418 Å². The SMILES string of the molecule is O=C(CCSSCCC(=O)NCC(=O)N[C@@H](CC(=O)N1CCn2c(nnc2C(F)(F)F)C1)Cc1cc(F)c(F)cc1F)NCC(=O)N[C@@H](CC(=O)N1CCn2c(nnc2C(F)(F)F)C1)Cc1cc(F)c(F)cc1F. The summed E-state index contributed by atoms with van der Waals surface area (Å²) in [6, 6.07) is -0.904. The highest BCUT2D eigenvalue weighted by Gasteiger charge is 2.41. The smallest absolute Gasteiger partial charge is 0.351 e. The molecule has 2 aliphatic rings. The van der Waals surface area contributed by atoms with Crippen LogP contribution in [0, 0.1) is 34.9 Å². The fourth-order valence-corrected chi connectivity index (χ4v) is 9.62. The Kier molecular flexibility index (Phi) is 18.9. The van der Waals surface area contributed by atoms with Crippen molar-refractivity contribution in [1.29, 1.82) is 0 Å². The number of nitrogens with zero attached hydrogens (tertiary/aromatic N) is 8. The quantitative estimate of drug-likeness (QED) is 0.0406. The summed E-state index contributed by atoms with van der Waals surface area (Å²) in [5.74, 6) is -15.0. The minimum atomic E-state index is -4.80. The summed E-state index contributed by atoms with van der Waals surface area (Å²) < 4.78 is 166. The summed E-state index contributed by atoms with van der Waals surface area (Å²) in [6.07, 6.45) is -12.1. The number of amides is 6. The summed E-state index contributed by atoms with van der Waals surface area (Å²) in [6.45, 7) is -3.09. The molecule has 0 saturated heterocycles. The van der Waals surface area contributed by atoms with Crippen LogP contribution in [0.2, 0.25) is 0 Å². The number of carbonyl (C=O) groups is 6. The van der Waals surface area contributed by atoms with Gasteiger partial charge in [-0.05, 0) is 36.1 Å². The maximum Gasteiger partial charge on any atom is 0.451 e. The van der Waals surface area contributed by atoms with Crippen molar-refractivity contribution in [2.45, 2.75) is 89.1 Å². The van der Waals surface area contributed by atoms with Gasteiger partial charge in [0.05, 0.1) is 26.2 Å². The van der Waals surface area contributed by atoms with Gasteiger partial charge in [-0.2, -0.15) is 26.3 Å². The maximum absolute atomic E-state index is 14.6. The molecule has 6 rings (SSSR count). The van der Waals surface area contributed by atoms with E-state index in [0.717, 1.165) is 40.5 Å². The number of aromatic nitrogens is 6. The molecule has 6 amide bonds. The first-order chi connectivity index (χ1) is 34.9. The Morgan fingerprint density at radius 1 is 0.514 bits per heavy atom. The summed E-state index contributed by atoms with van der Waals surface area (Å²) in [7, 11) is 2.33. The van der Waals surface area contributed by atoms with Crippen molar-refractivity contribution < 1.29 is 81.5 Å². The van der Waals surface area contributed by atoms with Crippen molar-refractivity contribution in [2.24, 2.45) is 0 Å². The minimum absolute atomic E-state index is 0.134. The number of hydrogen-bond donors (Lipinski definition) is 4. The van der Waals surface area contributed by atoms with Gasteiger partial charge >= 0.3 is 12.4 Å². The number of hydrogen-bond acceptors (Lipinski definition) is 12. The molecule has 74 heavy (non-hydrogen) atoms. The predicted octanol–water partition coefficient (Wildman–Crippen LogP) is 3.76. The zero-order valence-electron chi connectivity index (χ0n) is 38.2. The second kappa shape index (κ2) is 24.6. The monoisotopic (exact) mass is 1100 g/mol. The maximum atomic E-state index is 14.6. The fraction of sp³-hybridized carbons (Fsp3) is 0.476. The number of halogens is 12. The van der Waals surface area contributed by atoms with Gasteiger partial charge in [-0.1, -0.05) is 21.6 Å². The average molecular weight is 1100 g/mol. The van der Waals surface area contributed by atoms with E-state index in [1.54, 1.807) is 0 Å². The second-order valence-corrected chi connectivity index (χ2v) is 19.3. The average Bonchev–Trinajstić information content (AvgIpc) is 3.97. The molecule has 2 atom stereocenters. The molecule has 0 bridgehead atoms. The Morgan fingerprint density at radius 3 is 1.24 bits per heavy atom. The molecule has 0 saturated carbocycles. The summed E-state index contributed by atoms with van der Waals surface area (Å²) in [4.78, 5) is 79.7. The first kappa shape index (κ1) is 56.7. The molecule has 32 heteroatoms. The van der Waals surface area contributed by atoms with Crippen LogP contribution in [0.1, 0.15) is 60.1 Å². The number of carbonyl (C=O) groups excluding carboxylic acids is 6. The van der Waals surface area contributed by atoms with Gasteiger partial charge in [-0.3, -0.25) is 28.8 Å². The first-order valence-corrected chi connectivity index (χ1v) is 24.5. The van der Waals surface area contributed by atoms with Gasteiger partial charge in [0.1, 0.15) is 11.6 Å². The van der Waals surface area contributed by atoms with E-state index in [-0.39, 0.29) is 87.4 Å². The topological polar surface area (TPSA) is 218 Å². The van der Waals surface area contributed by atoms with E-state index in [2.05, 4.69) is 41.7 Å². The molecule has 0 radical (unpaired) electrons. The van der Waals surface area contributed by atoms with Crippen LogP contribution in [0.25, 0.3) is 0 Å². The number of alkyl halides is 6. The summed E-state index contributed by atoms with van der Waals surface area (Å²) in [5.41, 5.74) is -0.820. The summed E-state index contributed by atoms with van der Waals surface area (Å²) >= 11 is 0. The zero-order chi connectivity index (χ0) is 54.1. The lowest BCUT2D eigenvalue weighted by Crippen LogP contribution is -2.47. The lowest BCUT2D eigenvalue weighted by Gasteiger charge is -2.29. The van der Waals surface area contributed by atoms with Crippen molar-refractivity contribution in [3.8, 4) is 0 Å². The van der Waals surface area contributed by atoms with Gasteiger partial charge in [0.25, 0.3) is 0 Å². The van der Waals surface area contributed by atoms with Gasteiger partial charge in [-0.15, -0.1) is 20.4 Å². The number of fused-ring (bicyclic) bond motifs is 2. The lowest BCUT2D eigenvalue weighted by atomic mass is 10.0. The van der Waals surface area contributed by atoms with Crippen LogP contribution in [0.5, 0.6) is 0 Å². The van der Waals surface area contributed by atoms with Crippen LogP contribution in [0.3, 0.4) is 0 Å². The molecule has 402 valence electrons. The van der Waals surface area contributed by atoms with E-state index in [1.165, 1.54) is 0 Å². The van der Waals surface area contributed by atoms with Crippen LogP contribution >= 0.6 is 21.6 Å². The normalized spacial score (nSPS) is 14.4. The molecule has 18 nitrogen and oxygen atoms in total. The molecule has 4 heterocycles. The molecule has 2 aromatic carbocycles. The molecular formula is C42H42F12N12O6S2. The van der Waals surface area contributed by atoms with Crippen LogP contribution in [0.15, 0.2) is 24.3 Å². The molecule has 0 aliphatic carbocycles. The molecule has 0 spiro atoms. The van der Waals surface area contributed by atoms with Gasteiger partial charge in [0, 0.05) is 87.6 Å². The van der Waals surface area contributed by atoms with E-state index in [1.807, 2.05) is 0 Å². The highest BCUT2D eigenvalue weighted by molar-refractivity contribution is 8.76. The summed E-state index contributed by atoms with van der Waals surface area (Å²) in [5, 5.41) is 22.9. The van der Waals surface area contributed by atoms with E-state index in [0.29, 0.717) is 12.1 Å². The number of nitrogens with one attached hydrogen (secondary N) is 4. The van der Waals surface area contributed by atoms with E-state index >= 15 is 0 Å². The second-order valence-electron chi connectivity index (χ2n) is 16.6. The predicted molar refractivity (Wildman–Crippen MR) is 234 cm³/mol. The van der Waals surface area contributed by atoms with Gasteiger partial charge < -0.3 is 40.2 Å². The Hall–Kier alpha value is -6.60. The Morgan fingerprint density at radius 2 is 0.878 bits per heavy atom. The fourth-order valence-electron chi connectivity index (χ4n) is 7.64. The van der Waals surface area contributed by atoms with E-state index in [4.69, 9.17) is 0 Å². The molecule has 4 aromatic rings. The molecule has 4 N–H and O–H groups in total. The van der Waals surface area contributed by atoms with Gasteiger partial charge in [0.2, 0.25) is 47.1 Å². The molecule has 2 aliphatic heterocycles. The van der Waals surface area contributed by atoms with Gasteiger partial charge in [-0.25, -0.2) is 26.3 Å².